The molecule has 108 valence electrons. The van der Waals surface area contributed by atoms with Crippen LogP contribution in [-0.4, -0.2) is 36.8 Å². The number of halogens is 1. The number of likely N-dealkylation sites (N-methyl/N-ethyl adjacent to an activating group) is 1. The Kier molecular flexibility index (Phi) is 7.84. The second-order valence-electron chi connectivity index (χ2n) is 4.94. The number of rotatable bonds is 5. The summed E-state index contributed by atoms with van der Waals surface area (Å²) in [6.07, 6.45) is 2.63. The molecular weight excluding hydrogens is 276 g/mol. The second-order valence-corrected chi connectivity index (χ2v) is 6.28. The Balaban J connectivity index is 0.00000180. The largest absolute Gasteiger partial charge is 0.316 e. The molecule has 0 spiro atoms. The molecule has 1 N–H and O–H groups in total. The Hall–Kier alpha value is -0.220. The lowest BCUT2D eigenvalue weighted by Gasteiger charge is -2.32. The van der Waals surface area contributed by atoms with Gasteiger partial charge in [0.25, 0.3) is 0 Å². The van der Waals surface area contributed by atoms with Crippen LogP contribution >= 0.6 is 24.2 Å². The fourth-order valence-electron chi connectivity index (χ4n) is 2.59. The molecule has 1 aromatic carbocycles. The number of hydrogen-bond acceptors (Lipinski definition) is 3. The van der Waals surface area contributed by atoms with Crippen LogP contribution < -0.4 is 5.32 Å². The van der Waals surface area contributed by atoms with Crippen LogP contribution in [0.5, 0.6) is 0 Å². The lowest BCUT2D eigenvalue weighted by atomic mass is 10.1. The maximum absolute atomic E-state index is 3.41. The van der Waals surface area contributed by atoms with Crippen LogP contribution in [0.1, 0.15) is 25.3 Å². The third-order valence-electron chi connectivity index (χ3n) is 3.53. The molecule has 1 fully saturated rings. The van der Waals surface area contributed by atoms with E-state index >= 15 is 0 Å². The third kappa shape index (κ3) is 5.35. The van der Waals surface area contributed by atoms with Gasteiger partial charge in [-0.25, -0.2) is 0 Å². The average Bonchev–Trinajstić information content (AvgIpc) is 2.40. The van der Waals surface area contributed by atoms with Crippen LogP contribution in [0, 0.1) is 0 Å². The van der Waals surface area contributed by atoms with E-state index in [0.717, 1.165) is 12.3 Å². The highest BCUT2D eigenvalue weighted by Crippen LogP contribution is 2.20. The molecule has 1 unspecified atom stereocenters. The van der Waals surface area contributed by atoms with E-state index in [1.807, 2.05) is 11.8 Å². The molecule has 0 aliphatic carbocycles. The Morgan fingerprint density at radius 3 is 3.00 bits per heavy atom. The lowest BCUT2D eigenvalue weighted by molar-refractivity contribution is 0.188. The first-order valence-corrected chi connectivity index (χ1v) is 7.91. The van der Waals surface area contributed by atoms with Crippen molar-refractivity contribution in [2.45, 2.75) is 37.2 Å². The molecule has 1 saturated heterocycles. The molecule has 1 atom stereocenters. The number of nitrogens with zero attached hydrogens (tertiary/aromatic N) is 1. The van der Waals surface area contributed by atoms with Gasteiger partial charge in [-0.3, -0.25) is 4.90 Å². The first kappa shape index (κ1) is 16.8. The SMILES string of the molecule is CCSc1cccc(CN2CCCC(NC)C2)c1.Cl. The minimum Gasteiger partial charge on any atom is -0.316 e. The summed E-state index contributed by atoms with van der Waals surface area (Å²) in [6, 6.07) is 9.67. The first-order chi connectivity index (χ1) is 8.81. The molecule has 1 aromatic rings. The maximum Gasteiger partial charge on any atom is 0.0234 e. The van der Waals surface area contributed by atoms with Crippen LogP contribution in [0.4, 0.5) is 0 Å². The van der Waals surface area contributed by atoms with Gasteiger partial charge in [0.2, 0.25) is 0 Å². The molecule has 19 heavy (non-hydrogen) atoms. The van der Waals surface area contributed by atoms with Crippen molar-refractivity contribution in [3.8, 4) is 0 Å². The fraction of sp³-hybridized carbons (Fsp3) is 0.600. The van der Waals surface area contributed by atoms with E-state index < -0.39 is 0 Å². The number of hydrogen-bond donors (Lipinski definition) is 1. The van der Waals surface area contributed by atoms with Gasteiger partial charge in [0, 0.05) is 24.0 Å². The topological polar surface area (TPSA) is 15.3 Å². The highest BCUT2D eigenvalue weighted by atomic mass is 35.5. The highest BCUT2D eigenvalue weighted by Gasteiger charge is 2.18. The molecule has 2 nitrogen and oxygen atoms in total. The zero-order valence-electron chi connectivity index (χ0n) is 11.9. The molecule has 0 amide bonds. The summed E-state index contributed by atoms with van der Waals surface area (Å²) in [4.78, 5) is 3.97. The Bertz CT molecular complexity index is 373. The molecule has 1 aliphatic heterocycles. The van der Waals surface area contributed by atoms with E-state index in [-0.39, 0.29) is 12.4 Å². The van der Waals surface area contributed by atoms with E-state index in [1.165, 1.54) is 36.4 Å². The molecule has 0 aromatic heterocycles. The quantitative estimate of drug-likeness (QED) is 0.839. The predicted molar refractivity (Wildman–Crippen MR) is 87.4 cm³/mol. The maximum atomic E-state index is 3.41. The molecular formula is C15H25ClN2S. The predicted octanol–water partition coefficient (Wildman–Crippen LogP) is 3.40. The van der Waals surface area contributed by atoms with Crippen LogP contribution in [0.3, 0.4) is 0 Å². The Morgan fingerprint density at radius 1 is 1.42 bits per heavy atom. The standard InChI is InChI=1S/C15H24N2S.ClH/c1-3-18-15-8-4-6-13(10-15)11-17-9-5-7-14(12-17)16-2;/h4,6,8,10,14,16H,3,5,7,9,11-12H2,1-2H3;1H. The van der Waals surface area contributed by atoms with Crippen molar-refractivity contribution in [2.24, 2.45) is 0 Å². The molecule has 0 radical (unpaired) electrons. The Morgan fingerprint density at radius 2 is 2.26 bits per heavy atom. The van der Waals surface area contributed by atoms with Crippen LogP contribution in [0.25, 0.3) is 0 Å². The van der Waals surface area contributed by atoms with Crippen molar-refractivity contribution >= 4 is 24.2 Å². The van der Waals surface area contributed by atoms with Crippen LogP contribution in [0.2, 0.25) is 0 Å². The van der Waals surface area contributed by atoms with Crippen molar-refractivity contribution in [2.75, 3.05) is 25.9 Å². The highest BCUT2D eigenvalue weighted by molar-refractivity contribution is 7.99. The van der Waals surface area contributed by atoms with Crippen molar-refractivity contribution < 1.29 is 0 Å². The van der Waals surface area contributed by atoms with E-state index in [0.29, 0.717) is 6.04 Å². The van der Waals surface area contributed by atoms with Gasteiger partial charge in [0.15, 0.2) is 0 Å². The van der Waals surface area contributed by atoms with E-state index in [1.54, 1.807) is 0 Å². The normalized spacial score (nSPS) is 20.0. The molecule has 0 bridgehead atoms. The summed E-state index contributed by atoms with van der Waals surface area (Å²) in [5, 5.41) is 3.41. The zero-order valence-corrected chi connectivity index (χ0v) is 13.5. The summed E-state index contributed by atoms with van der Waals surface area (Å²) in [5.74, 6) is 1.15. The second kappa shape index (κ2) is 8.85. The molecule has 1 aliphatic rings. The molecule has 4 heteroatoms. The van der Waals surface area contributed by atoms with Crippen molar-refractivity contribution in [3.05, 3.63) is 29.8 Å². The molecule has 2 rings (SSSR count). The van der Waals surface area contributed by atoms with Crippen LogP contribution in [0.15, 0.2) is 29.2 Å². The van der Waals surface area contributed by atoms with Gasteiger partial charge in [-0.15, -0.1) is 24.2 Å². The van der Waals surface area contributed by atoms with Crippen molar-refractivity contribution in [3.63, 3.8) is 0 Å². The van der Waals surface area contributed by atoms with E-state index in [4.69, 9.17) is 0 Å². The average molecular weight is 301 g/mol. The first-order valence-electron chi connectivity index (χ1n) is 6.93. The summed E-state index contributed by atoms with van der Waals surface area (Å²) in [6.45, 7) is 5.72. The third-order valence-corrected chi connectivity index (χ3v) is 4.41. The minimum atomic E-state index is 0. The number of benzene rings is 1. The van der Waals surface area contributed by atoms with Gasteiger partial charge < -0.3 is 5.32 Å². The number of nitrogens with one attached hydrogen (secondary N) is 1. The van der Waals surface area contributed by atoms with Gasteiger partial charge in [-0.2, -0.15) is 0 Å². The van der Waals surface area contributed by atoms with E-state index in [9.17, 15) is 0 Å². The summed E-state index contributed by atoms with van der Waals surface area (Å²) in [5.41, 5.74) is 1.45. The molecule has 1 heterocycles. The van der Waals surface area contributed by atoms with Gasteiger partial charge in [-0.1, -0.05) is 19.1 Å². The minimum absolute atomic E-state index is 0. The van der Waals surface area contributed by atoms with Crippen molar-refractivity contribution in [1.82, 2.24) is 10.2 Å². The number of thioether (sulfide) groups is 1. The zero-order chi connectivity index (χ0) is 12.8. The summed E-state index contributed by atoms with van der Waals surface area (Å²) >= 11 is 1.93. The van der Waals surface area contributed by atoms with E-state index in [2.05, 4.69) is 48.5 Å². The molecule has 0 saturated carbocycles. The van der Waals surface area contributed by atoms with Crippen molar-refractivity contribution in [1.29, 1.82) is 0 Å². The van der Waals surface area contributed by atoms with Gasteiger partial charge >= 0.3 is 0 Å². The fourth-order valence-corrected chi connectivity index (χ4v) is 3.34. The lowest BCUT2D eigenvalue weighted by Crippen LogP contribution is -2.43. The number of piperidine rings is 1. The summed E-state index contributed by atoms with van der Waals surface area (Å²) < 4.78 is 0. The van der Waals surface area contributed by atoms with Gasteiger partial charge in [-0.05, 0) is 49.9 Å². The summed E-state index contributed by atoms with van der Waals surface area (Å²) in [7, 11) is 2.08. The monoisotopic (exact) mass is 300 g/mol. The number of likely N-dealkylation sites (tertiary alicyclic amines) is 1. The van der Waals surface area contributed by atoms with Gasteiger partial charge in [0.05, 0.1) is 0 Å². The van der Waals surface area contributed by atoms with Crippen LogP contribution in [-0.2, 0) is 6.54 Å². The Labute approximate surface area is 127 Å². The smallest absolute Gasteiger partial charge is 0.0234 e. The van der Waals surface area contributed by atoms with Gasteiger partial charge in [0.1, 0.15) is 0 Å².